The van der Waals surface area contributed by atoms with Crippen molar-refractivity contribution in [2.75, 3.05) is 6.67 Å². The first-order valence-electron chi connectivity index (χ1n) is 4.00. The molecule has 0 aliphatic heterocycles. The molecule has 0 fully saturated rings. The number of alkyl halides is 3. The Hall–Kier alpha value is -1.23. The van der Waals surface area contributed by atoms with Gasteiger partial charge in [-0.1, -0.05) is 12.1 Å². The van der Waals surface area contributed by atoms with Gasteiger partial charge in [-0.3, -0.25) is 0 Å². The van der Waals surface area contributed by atoms with Crippen LogP contribution in [0.25, 0.3) is 0 Å². The zero-order chi connectivity index (χ0) is 10.6. The quantitative estimate of drug-likeness (QED) is 0.818. The van der Waals surface area contributed by atoms with E-state index >= 15 is 0 Å². The molecule has 1 aromatic rings. The van der Waals surface area contributed by atoms with Crippen LogP contribution in [0.5, 0.6) is 5.75 Å². The highest BCUT2D eigenvalue weighted by Crippen LogP contribution is 2.18. The van der Waals surface area contributed by atoms with Gasteiger partial charge in [-0.15, -0.1) is 0 Å². The second-order valence-corrected chi connectivity index (χ2v) is 2.71. The molecule has 0 aromatic heterocycles. The zero-order valence-corrected chi connectivity index (χ0v) is 7.29. The molecule has 0 aliphatic carbocycles. The number of benzene rings is 1. The summed E-state index contributed by atoms with van der Waals surface area (Å²) in [5.41, 5.74) is 5.93. The van der Waals surface area contributed by atoms with Gasteiger partial charge in [0.15, 0.2) is 0 Å². The summed E-state index contributed by atoms with van der Waals surface area (Å²) < 4.78 is 39.7. The molecule has 2 N–H and O–H groups in total. The van der Waals surface area contributed by atoms with Crippen LogP contribution in [-0.2, 0) is 0 Å². The molecule has 0 amide bonds. The van der Waals surface area contributed by atoms with Crippen molar-refractivity contribution in [3.8, 4) is 5.75 Å². The fourth-order valence-corrected chi connectivity index (χ4v) is 0.986. The van der Waals surface area contributed by atoms with E-state index in [1.54, 1.807) is 0 Å². The molecule has 0 bridgehead atoms. The molecule has 78 valence electrons. The Labute approximate surface area is 79.5 Å². The van der Waals surface area contributed by atoms with Crippen molar-refractivity contribution in [1.29, 1.82) is 0 Å². The predicted molar refractivity (Wildman–Crippen MR) is 46.0 cm³/mol. The minimum Gasteiger partial charge on any atom is -0.435 e. The van der Waals surface area contributed by atoms with Gasteiger partial charge in [0, 0.05) is 0 Å². The summed E-state index contributed by atoms with van der Waals surface area (Å²) in [6, 6.07) is 4.87. The largest absolute Gasteiger partial charge is 0.435 e. The van der Waals surface area contributed by atoms with Gasteiger partial charge in [0.2, 0.25) is 0 Å². The SMILES string of the molecule is N[C@@H](CF)c1ccc(OC(F)F)cc1. The Morgan fingerprint density at radius 2 is 1.79 bits per heavy atom. The third-order valence-electron chi connectivity index (χ3n) is 1.70. The number of hydrogen-bond donors (Lipinski definition) is 1. The van der Waals surface area contributed by atoms with Crippen LogP contribution in [0.1, 0.15) is 11.6 Å². The van der Waals surface area contributed by atoms with E-state index in [-0.39, 0.29) is 5.75 Å². The molecule has 0 saturated carbocycles. The van der Waals surface area contributed by atoms with E-state index in [1.165, 1.54) is 24.3 Å². The highest BCUT2D eigenvalue weighted by atomic mass is 19.3. The summed E-state index contributed by atoms with van der Waals surface area (Å²) in [6.45, 7) is -3.54. The van der Waals surface area contributed by atoms with Crippen molar-refractivity contribution in [2.24, 2.45) is 5.73 Å². The van der Waals surface area contributed by atoms with E-state index in [4.69, 9.17) is 5.73 Å². The van der Waals surface area contributed by atoms with Crippen LogP contribution in [0.3, 0.4) is 0 Å². The third kappa shape index (κ3) is 2.92. The average Bonchev–Trinajstić information content (AvgIpc) is 2.17. The van der Waals surface area contributed by atoms with Crippen LogP contribution < -0.4 is 10.5 Å². The van der Waals surface area contributed by atoms with Gasteiger partial charge in [0.25, 0.3) is 0 Å². The Morgan fingerprint density at radius 1 is 1.21 bits per heavy atom. The lowest BCUT2D eigenvalue weighted by atomic mass is 10.1. The summed E-state index contributed by atoms with van der Waals surface area (Å²) >= 11 is 0. The van der Waals surface area contributed by atoms with Gasteiger partial charge in [0.1, 0.15) is 12.4 Å². The van der Waals surface area contributed by atoms with Gasteiger partial charge in [-0.25, -0.2) is 4.39 Å². The Morgan fingerprint density at radius 3 is 2.21 bits per heavy atom. The molecule has 0 heterocycles. The van der Waals surface area contributed by atoms with Gasteiger partial charge in [-0.05, 0) is 17.7 Å². The van der Waals surface area contributed by atoms with E-state index in [0.29, 0.717) is 5.56 Å². The lowest BCUT2D eigenvalue weighted by Crippen LogP contribution is -2.12. The number of nitrogens with two attached hydrogens (primary N) is 1. The third-order valence-corrected chi connectivity index (χ3v) is 1.70. The Balaban J connectivity index is 2.68. The second kappa shape index (κ2) is 4.85. The van der Waals surface area contributed by atoms with Crippen LogP contribution in [0, 0.1) is 0 Å². The summed E-state index contributed by atoms with van der Waals surface area (Å²) in [4.78, 5) is 0. The Kier molecular flexibility index (Phi) is 3.76. The van der Waals surface area contributed by atoms with Crippen molar-refractivity contribution < 1.29 is 17.9 Å². The molecule has 0 saturated heterocycles. The zero-order valence-electron chi connectivity index (χ0n) is 7.29. The lowest BCUT2D eigenvalue weighted by molar-refractivity contribution is -0.0498. The molecular formula is C9H10F3NO. The topological polar surface area (TPSA) is 35.2 Å². The number of ether oxygens (including phenoxy) is 1. The second-order valence-electron chi connectivity index (χ2n) is 2.71. The molecule has 0 aliphatic rings. The normalized spacial score (nSPS) is 12.9. The van der Waals surface area contributed by atoms with Gasteiger partial charge in [-0.2, -0.15) is 8.78 Å². The summed E-state index contributed by atoms with van der Waals surface area (Å²) in [6.07, 6.45) is 0. The fraction of sp³-hybridized carbons (Fsp3) is 0.333. The van der Waals surface area contributed by atoms with Gasteiger partial charge in [0.05, 0.1) is 6.04 Å². The maximum Gasteiger partial charge on any atom is 0.387 e. The monoisotopic (exact) mass is 205 g/mol. The first-order valence-corrected chi connectivity index (χ1v) is 4.00. The molecule has 2 nitrogen and oxygen atoms in total. The number of rotatable bonds is 4. The van der Waals surface area contributed by atoms with E-state index in [1.807, 2.05) is 0 Å². The predicted octanol–water partition coefficient (Wildman–Crippen LogP) is 2.26. The maximum atomic E-state index is 12.1. The van der Waals surface area contributed by atoms with Crippen molar-refractivity contribution in [1.82, 2.24) is 0 Å². The highest BCUT2D eigenvalue weighted by molar-refractivity contribution is 5.29. The van der Waals surface area contributed by atoms with Crippen LogP contribution >= 0.6 is 0 Å². The lowest BCUT2D eigenvalue weighted by Gasteiger charge is -2.08. The van der Waals surface area contributed by atoms with Gasteiger partial charge >= 0.3 is 6.61 Å². The maximum absolute atomic E-state index is 12.1. The van der Waals surface area contributed by atoms with Crippen LogP contribution in [0.15, 0.2) is 24.3 Å². The van der Waals surface area contributed by atoms with Crippen LogP contribution in [0.2, 0.25) is 0 Å². The molecule has 1 aromatic carbocycles. The Bertz CT molecular complexity index is 276. The summed E-state index contributed by atoms with van der Waals surface area (Å²) in [5, 5.41) is 0. The van der Waals surface area contributed by atoms with Crippen molar-refractivity contribution in [3.05, 3.63) is 29.8 Å². The number of hydrogen-bond acceptors (Lipinski definition) is 2. The van der Waals surface area contributed by atoms with Crippen molar-refractivity contribution in [3.63, 3.8) is 0 Å². The summed E-state index contributed by atoms with van der Waals surface area (Å²) in [5.74, 6) is 0.0369. The molecule has 14 heavy (non-hydrogen) atoms. The smallest absolute Gasteiger partial charge is 0.387 e. The minimum atomic E-state index is -2.85. The number of halogens is 3. The first kappa shape index (κ1) is 10.8. The van der Waals surface area contributed by atoms with Crippen molar-refractivity contribution in [2.45, 2.75) is 12.7 Å². The molecule has 1 rings (SSSR count). The van der Waals surface area contributed by atoms with E-state index in [2.05, 4.69) is 4.74 Å². The average molecular weight is 205 g/mol. The molecular weight excluding hydrogens is 195 g/mol. The molecule has 0 spiro atoms. The highest BCUT2D eigenvalue weighted by Gasteiger charge is 2.07. The first-order chi connectivity index (χ1) is 6.63. The van der Waals surface area contributed by atoms with Crippen LogP contribution in [-0.4, -0.2) is 13.3 Å². The summed E-state index contributed by atoms with van der Waals surface area (Å²) in [7, 11) is 0. The van der Waals surface area contributed by atoms with Crippen molar-refractivity contribution >= 4 is 0 Å². The van der Waals surface area contributed by atoms with E-state index in [0.717, 1.165) is 0 Å². The molecule has 1 atom stereocenters. The minimum absolute atomic E-state index is 0.0369. The van der Waals surface area contributed by atoms with Gasteiger partial charge < -0.3 is 10.5 Å². The standard InChI is InChI=1S/C9H10F3NO/c10-5-8(13)6-1-3-7(4-2-6)14-9(11)12/h1-4,8-9H,5,13H2/t8-/m0/s1. The molecule has 0 unspecified atom stereocenters. The van der Waals surface area contributed by atoms with E-state index < -0.39 is 19.3 Å². The fourth-order valence-electron chi connectivity index (χ4n) is 0.986. The van der Waals surface area contributed by atoms with E-state index in [9.17, 15) is 13.2 Å². The molecule has 0 radical (unpaired) electrons. The molecule has 5 heteroatoms. The van der Waals surface area contributed by atoms with Crippen LogP contribution in [0.4, 0.5) is 13.2 Å².